The van der Waals surface area contributed by atoms with Gasteiger partial charge in [0.1, 0.15) is 0 Å². The number of ether oxygens (including phenoxy) is 2. The molecule has 0 spiro atoms. The molecule has 5 heteroatoms. The lowest BCUT2D eigenvalue weighted by Crippen LogP contribution is -2.06. The molecule has 14 heavy (non-hydrogen) atoms. The van der Waals surface area contributed by atoms with E-state index in [0.717, 1.165) is 0 Å². The molecule has 0 aliphatic heterocycles. The summed E-state index contributed by atoms with van der Waals surface area (Å²) in [6.07, 6.45) is -0.729. The summed E-state index contributed by atoms with van der Waals surface area (Å²) in [4.78, 5) is 10.1. The summed E-state index contributed by atoms with van der Waals surface area (Å²) in [6, 6.07) is 7.22. The smallest absolute Gasteiger partial charge is 0.285 e. The van der Waals surface area contributed by atoms with Gasteiger partial charge in [-0.3, -0.25) is 10.1 Å². The first-order chi connectivity index (χ1) is 6.70. The second kappa shape index (κ2) is 4.69. The van der Waals surface area contributed by atoms with Crippen LogP contribution in [0.1, 0.15) is 11.9 Å². The van der Waals surface area contributed by atoms with Crippen molar-refractivity contribution in [3.05, 3.63) is 39.9 Å². The van der Waals surface area contributed by atoms with Crippen molar-refractivity contribution < 1.29 is 14.4 Å². The van der Waals surface area contributed by atoms with Gasteiger partial charge in [-0.25, -0.2) is 0 Å². The predicted molar refractivity (Wildman–Crippen MR) is 48.7 cm³/mol. The minimum absolute atomic E-state index is 0.124. The summed E-state index contributed by atoms with van der Waals surface area (Å²) in [7, 11) is 2.84. The topological polar surface area (TPSA) is 61.6 Å². The predicted octanol–water partition coefficient (Wildman–Crippen LogP) is 1.69. The summed E-state index contributed by atoms with van der Waals surface area (Å²) < 4.78 is 9.86. The molecule has 1 radical (unpaired) electrons. The highest BCUT2D eigenvalue weighted by atomic mass is 16.7. The highest BCUT2D eigenvalue weighted by Gasteiger charge is 2.20. The second-order valence-electron chi connectivity index (χ2n) is 2.53. The lowest BCUT2D eigenvalue weighted by Gasteiger charge is -2.12. The molecule has 0 aromatic heterocycles. The normalized spacial score (nSPS) is 10.5. The summed E-state index contributed by atoms with van der Waals surface area (Å²) >= 11 is 0. The van der Waals surface area contributed by atoms with Crippen molar-refractivity contribution in [2.75, 3.05) is 14.2 Å². The molecule has 1 aromatic carbocycles. The molecular weight excluding hydrogens is 186 g/mol. The van der Waals surface area contributed by atoms with Gasteiger partial charge in [0.2, 0.25) is 0 Å². The van der Waals surface area contributed by atoms with Crippen LogP contribution < -0.4 is 0 Å². The Morgan fingerprint density at radius 2 is 2.14 bits per heavy atom. The molecule has 0 fully saturated rings. The Labute approximate surface area is 81.4 Å². The molecule has 0 N–H and O–H groups in total. The maximum Gasteiger partial charge on any atom is 0.285 e. The minimum atomic E-state index is -0.729. The molecular formula is C9H10NO4. The van der Waals surface area contributed by atoms with Gasteiger partial charge >= 0.3 is 0 Å². The zero-order valence-electron chi connectivity index (χ0n) is 7.89. The van der Waals surface area contributed by atoms with Crippen molar-refractivity contribution in [3.63, 3.8) is 0 Å². The van der Waals surface area contributed by atoms with Gasteiger partial charge in [-0.2, -0.15) is 0 Å². The van der Waals surface area contributed by atoms with Crippen LogP contribution in [0.2, 0.25) is 0 Å². The second-order valence-corrected chi connectivity index (χ2v) is 2.53. The lowest BCUT2D eigenvalue weighted by atomic mass is 10.2. The van der Waals surface area contributed by atoms with E-state index in [1.165, 1.54) is 20.3 Å². The van der Waals surface area contributed by atoms with E-state index in [1.54, 1.807) is 12.1 Å². The fourth-order valence-corrected chi connectivity index (χ4v) is 1.14. The third-order valence-electron chi connectivity index (χ3n) is 1.73. The van der Waals surface area contributed by atoms with Crippen LogP contribution in [0.3, 0.4) is 0 Å². The number of nitrogens with zero attached hydrogens (tertiary/aromatic N) is 1. The van der Waals surface area contributed by atoms with E-state index in [0.29, 0.717) is 5.56 Å². The van der Waals surface area contributed by atoms with Crippen LogP contribution in [0.25, 0.3) is 0 Å². The van der Waals surface area contributed by atoms with E-state index in [-0.39, 0.29) is 5.69 Å². The summed E-state index contributed by atoms with van der Waals surface area (Å²) in [5, 5.41) is 10.6. The molecule has 0 bridgehead atoms. The molecule has 75 valence electrons. The molecule has 0 aliphatic rings. The third kappa shape index (κ3) is 2.07. The quantitative estimate of drug-likeness (QED) is 0.417. The molecule has 0 atom stereocenters. The Bertz CT molecular complexity index is 322. The van der Waals surface area contributed by atoms with Crippen LogP contribution in [0, 0.1) is 16.2 Å². The van der Waals surface area contributed by atoms with Crippen LogP contribution >= 0.6 is 0 Å². The largest absolute Gasteiger partial charge is 0.351 e. The number of benzene rings is 1. The maximum atomic E-state index is 10.6. The molecule has 0 saturated carbocycles. The van der Waals surface area contributed by atoms with Gasteiger partial charge in [-0.15, -0.1) is 0 Å². The van der Waals surface area contributed by atoms with Crippen molar-refractivity contribution in [3.8, 4) is 0 Å². The fourth-order valence-electron chi connectivity index (χ4n) is 1.14. The van der Waals surface area contributed by atoms with Crippen LogP contribution in [-0.2, 0) is 9.47 Å². The third-order valence-corrected chi connectivity index (χ3v) is 1.73. The number of rotatable bonds is 4. The summed E-state index contributed by atoms with van der Waals surface area (Å²) in [6.45, 7) is 0. The zero-order valence-corrected chi connectivity index (χ0v) is 7.89. The Morgan fingerprint density at radius 1 is 1.50 bits per heavy atom. The summed E-state index contributed by atoms with van der Waals surface area (Å²) in [5.41, 5.74) is 0.240. The number of hydrogen-bond donors (Lipinski definition) is 0. The maximum absolute atomic E-state index is 10.6. The average molecular weight is 196 g/mol. The van der Waals surface area contributed by atoms with Gasteiger partial charge < -0.3 is 9.47 Å². The van der Waals surface area contributed by atoms with Crippen LogP contribution in [-0.4, -0.2) is 19.1 Å². The number of hydrogen-bond acceptors (Lipinski definition) is 4. The van der Waals surface area contributed by atoms with E-state index in [1.807, 2.05) is 0 Å². The number of nitro benzene ring substituents is 1. The first kappa shape index (κ1) is 10.6. The molecule has 0 heterocycles. The molecule has 0 amide bonds. The zero-order chi connectivity index (χ0) is 10.6. The first-order valence-corrected chi connectivity index (χ1v) is 3.91. The lowest BCUT2D eigenvalue weighted by molar-refractivity contribution is -0.387. The molecule has 1 rings (SSSR count). The van der Waals surface area contributed by atoms with Crippen molar-refractivity contribution >= 4 is 5.69 Å². The Kier molecular flexibility index (Phi) is 3.55. The first-order valence-electron chi connectivity index (χ1n) is 3.91. The Hall–Kier alpha value is -1.46. The standard InChI is InChI=1S/C9H10NO4/c1-13-9(14-2)7-5-3-4-6-8(7)10(11)12/h3-5,9H,1-2H3. The molecule has 0 unspecified atom stereocenters. The number of methoxy groups -OCH3 is 2. The fraction of sp³-hybridized carbons (Fsp3) is 0.333. The molecule has 0 saturated heterocycles. The Morgan fingerprint density at radius 3 is 2.64 bits per heavy atom. The SMILES string of the molecule is COC(OC)c1ccc[c]c1[N+](=O)[O-]. The van der Waals surface area contributed by atoms with Gasteiger partial charge in [0, 0.05) is 14.2 Å². The van der Waals surface area contributed by atoms with E-state index in [9.17, 15) is 10.1 Å². The van der Waals surface area contributed by atoms with Crippen LogP contribution in [0.5, 0.6) is 0 Å². The van der Waals surface area contributed by atoms with Crippen LogP contribution in [0.4, 0.5) is 5.69 Å². The van der Waals surface area contributed by atoms with Crippen molar-refractivity contribution in [2.45, 2.75) is 6.29 Å². The van der Waals surface area contributed by atoms with Gasteiger partial charge in [0.05, 0.1) is 16.6 Å². The van der Waals surface area contributed by atoms with Gasteiger partial charge in [-0.1, -0.05) is 6.07 Å². The minimum Gasteiger partial charge on any atom is -0.351 e. The van der Waals surface area contributed by atoms with Crippen molar-refractivity contribution in [1.29, 1.82) is 0 Å². The highest BCUT2D eigenvalue weighted by molar-refractivity contribution is 5.39. The van der Waals surface area contributed by atoms with E-state index in [2.05, 4.69) is 6.07 Å². The van der Waals surface area contributed by atoms with Gasteiger partial charge in [0.25, 0.3) is 5.69 Å². The number of para-hydroxylation sites is 1. The number of nitro groups is 1. The molecule has 1 aromatic rings. The van der Waals surface area contributed by atoms with Crippen molar-refractivity contribution in [1.82, 2.24) is 0 Å². The highest BCUT2D eigenvalue weighted by Crippen LogP contribution is 2.26. The average Bonchev–Trinajstić information content (AvgIpc) is 2.20. The molecule has 5 nitrogen and oxygen atoms in total. The monoisotopic (exact) mass is 196 g/mol. The van der Waals surface area contributed by atoms with E-state index < -0.39 is 11.2 Å². The van der Waals surface area contributed by atoms with Crippen LogP contribution in [0.15, 0.2) is 18.2 Å². The Balaban J connectivity index is 3.11. The molecule has 0 aliphatic carbocycles. The summed E-state index contributed by atoms with van der Waals surface area (Å²) in [5.74, 6) is 0. The van der Waals surface area contributed by atoms with E-state index >= 15 is 0 Å². The van der Waals surface area contributed by atoms with Gasteiger partial charge in [-0.05, 0) is 12.1 Å². The van der Waals surface area contributed by atoms with Crippen molar-refractivity contribution in [2.24, 2.45) is 0 Å². The van der Waals surface area contributed by atoms with Gasteiger partial charge in [0.15, 0.2) is 6.29 Å². The van der Waals surface area contributed by atoms with E-state index in [4.69, 9.17) is 9.47 Å².